The number of carbonyl (C=O) groups excluding carboxylic acids is 1. The third kappa shape index (κ3) is 1.24. The number of phenols is 1. The van der Waals surface area contributed by atoms with Crippen LogP contribution in [0.3, 0.4) is 0 Å². The molecule has 0 saturated heterocycles. The summed E-state index contributed by atoms with van der Waals surface area (Å²) in [5.74, 6) is 1.65. The number of phenolic OH excluding ortho intramolecular Hbond substituents is 1. The number of hydrogen-bond donors (Lipinski definition) is 1. The number of hydrogen-bond acceptors (Lipinski definition) is 3. The molecule has 1 fully saturated rings. The van der Waals surface area contributed by atoms with Crippen LogP contribution in [0.15, 0.2) is 12.1 Å². The van der Waals surface area contributed by atoms with E-state index in [0.29, 0.717) is 23.3 Å². The first-order chi connectivity index (χ1) is 7.66. The molecule has 2 bridgehead atoms. The summed E-state index contributed by atoms with van der Waals surface area (Å²) < 4.78 is 5.21. The lowest BCUT2D eigenvalue weighted by Crippen LogP contribution is -2.07. The van der Waals surface area contributed by atoms with Gasteiger partial charge in [0.1, 0.15) is 11.5 Å². The van der Waals surface area contributed by atoms with Crippen molar-refractivity contribution >= 4 is 5.97 Å². The van der Waals surface area contributed by atoms with E-state index in [4.69, 9.17) is 4.74 Å². The molecule has 3 nitrogen and oxygen atoms in total. The van der Waals surface area contributed by atoms with Gasteiger partial charge in [0.15, 0.2) is 0 Å². The number of ether oxygens (including phenoxy) is 1. The average Bonchev–Trinajstić information content (AvgIpc) is 2.82. The Morgan fingerprint density at radius 1 is 1.31 bits per heavy atom. The van der Waals surface area contributed by atoms with Gasteiger partial charge in [-0.25, -0.2) is 0 Å². The van der Waals surface area contributed by atoms with E-state index in [2.05, 4.69) is 0 Å². The standard InChI is InChI=1S/C13H14O3/c1-7(14)16-11-5-4-10(15)12-8-2-3-9(6-8)13(11)12/h4-5,8-9,15H,2-3,6H2,1H3/t8-,9+/m1/s1. The molecule has 1 N–H and O–H groups in total. The molecule has 2 aliphatic rings. The summed E-state index contributed by atoms with van der Waals surface area (Å²) in [7, 11) is 0. The van der Waals surface area contributed by atoms with Gasteiger partial charge < -0.3 is 9.84 Å². The molecule has 1 aromatic carbocycles. The Morgan fingerprint density at radius 3 is 2.69 bits per heavy atom. The van der Waals surface area contributed by atoms with Crippen LogP contribution in [0, 0.1) is 0 Å². The Labute approximate surface area is 94.0 Å². The second kappa shape index (κ2) is 3.24. The van der Waals surface area contributed by atoms with Crippen molar-refractivity contribution in [2.24, 2.45) is 0 Å². The summed E-state index contributed by atoms with van der Waals surface area (Å²) in [6.07, 6.45) is 3.39. The maximum atomic E-state index is 11.0. The molecule has 0 aliphatic heterocycles. The lowest BCUT2D eigenvalue weighted by Gasteiger charge is -2.19. The number of fused-ring (bicyclic) bond motifs is 5. The van der Waals surface area contributed by atoms with Gasteiger partial charge in [-0.05, 0) is 43.2 Å². The molecular weight excluding hydrogens is 204 g/mol. The topological polar surface area (TPSA) is 46.5 Å². The van der Waals surface area contributed by atoms with Gasteiger partial charge in [0.05, 0.1) is 0 Å². The minimum atomic E-state index is -0.296. The van der Waals surface area contributed by atoms with Crippen LogP contribution in [0.4, 0.5) is 0 Å². The van der Waals surface area contributed by atoms with Crippen LogP contribution in [0.5, 0.6) is 11.5 Å². The smallest absolute Gasteiger partial charge is 0.308 e. The van der Waals surface area contributed by atoms with Gasteiger partial charge in [0.25, 0.3) is 0 Å². The Morgan fingerprint density at radius 2 is 2.00 bits per heavy atom. The minimum absolute atomic E-state index is 0.296. The van der Waals surface area contributed by atoms with Crippen LogP contribution < -0.4 is 4.74 Å². The highest BCUT2D eigenvalue weighted by atomic mass is 16.5. The molecule has 2 aliphatic carbocycles. The van der Waals surface area contributed by atoms with Crippen LogP contribution in [-0.2, 0) is 4.79 Å². The van der Waals surface area contributed by atoms with Gasteiger partial charge in [0.2, 0.25) is 0 Å². The van der Waals surface area contributed by atoms with Crippen LogP contribution >= 0.6 is 0 Å². The normalized spacial score (nSPS) is 25.6. The first-order valence-electron chi connectivity index (χ1n) is 5.71. The van der Waals surface area contributed by atoms with E-state index in [1.165, 1.54) is 6.92 Å². The molecule has 1 aromatic rings. The van der Waals surface area contributed by atoms with E-state index in [0.717, 1.165) is 30.4 Å². The van der Waals surface area contributed by atoms with Crippen molar-refractivity contribution in [2.45, 2.75) is 38.0 Å². The van der Waals surface area contributed by atoms with E-state index >= 15 is 0 Å². The fourth-order valence-electron chi connectivity index (χ4n) is 3.20. The lowest BCUT2D eigenvalue weighted by atomic mass is 9.90. The summed E-state index contributed by atoms with van der Waals surface area (Å²) in [6, 6.07) is 3.34. The maximum absolute atomic E-state index is 11.0. The molecule has 0 amide bonds. The first kappa shape index (κ1) is 9.70. The fraction of sp³-hybridized carbons (Fsp3) is 0.462. The van der Waals surface area contributed by atoms with Crippen LogP contribution in [-0.4, -0.2) is 11.1 Å². The van der Waals surface area contributed by atoms with E-state index in [-0.39, 0.29) is 5.97 Å². The molecule has 1 saturated carbocycles. The van der Waals surface area contributed by atoms with Gasteiger partial charge in [0, 0.05) is 18.1 Å². The number of carbonyl (C=O) groups is 1. The van der Waals surface area contributed by atoms with E-state index in [1.54, 1.807) is 12.1 Å². The van der Waals surface area contributed by atoms with Gasteiger partial charge in [-0.15, -0.1) is 0 Å². The second-order valence-electron chi connectivity index (χ2n) is 4.71. The van der Waals surface area contributed by atoms with Crippen molar-refractivity contribution in [1.29, 1.82) is 0 Å². The molecule has 3 rings (SSSR count). The Hall–Kier alpha value is -1.51. The van der Waals surface area contributed by atoms with E-state index in [9.17, 15) is 9.90 Å². The molecule has 0 spiro atoms. The number of esters is 1. The average molecular weight is 218 g/mol. The highest BCUT2D eigenvalue weighted by molar-refractivity contribution is 5.71. The number of rotatable bonds is 1. The van der Waals surface area contributed by atoms with Crippen LogP contribution in [0.25, 0.3) is 0 Å². The minimum Gasteiger partial charge on any atom is -0.508 e. The van der Waals surface area contributed by atoms with Crippen LogP contribution in [0.2, 0.25) is 0 Å². The molecule has 16 heavy (non-hydrogen) atoms. The summed E-state index contributed by atoms with van der Waals surface area (Å²) >= 11 is 0. The largest absolute Gasteiger partial charge is 0.508 e. The molecule has 0 aromatic heterocycles. The van der Waals surface area contributed by atoms with Crippen LogP contribution in [0.1, 0.15) is 49.1 Å². The van der Waals surface area contributed by atoms with Gasteiger partial charge >= 0.3 is 5.97 Å². The summed E-state index contributed by atoms with van der Waals surface area (Å²) in [5, 5.41) is 9.87. The summed E-state index contributed by atoms with van der Waals surface area (Å²) in [6.45, 7) is 1.41. The van der Waals surface area contributed by atoms with Gasteiger partial charge in [-0.1, -0.05) is 0 Å². The third-order valence-corrected chi connectivity index (χ3v) is 3.73. The number of aromatic hydroxyl groups is 1. The highest BCUT2D eigenvalue weighted by Crippen LogP contribution is 2.58. The van der Waals surface area contributed by atoms with Gasteiger partial charge in [-0.2, -0.15) is 0 Å². The monoisotopic (exact) mass is 218 g/mol. The zero-order valence-corrected chi connectivity index (χ0v) is 9.19. The molecule has 2 atom stereocenters. The van der Waals surface area contributed by atoms with E-state index in [1.807, 2.05) is 0 Å². The van der Waals surface area contributed by atoms with Crippen molar-refractivity contribution in [3.05, 3.63) is 23.3 Å². The molecule has 0 heterocycles. The van der Waals surface area contributed by atoms with Gasteiger partial charge in [-0.3, -0.25) is 4.79 Å². The summed E-state index contributed by atoms with van der Waals surface area (Å²) in [4.78, 5) is 11.0. The van der Waals surface area contributed by atoms with Crippen molar-refractivity contribution in [1.82, 2.24) is 0 Å². The SMILES string of the molecule is CC(=O)Oc1ccc(O)c2c1[C@H]1CC[C@@H]2C1. The quantitative estimate of drug-likeness (QED) is 0.582. The Bertz CT molecular complexity index is 464. The molecule has 0 unspecified atom stereocenters. The lowest BCUT2D eigenvalue weighted by molar-refractivity contribution is -0.131. The highest BCUT2D eigenvalue weighted by Gasteiger charge is 2.41. The molecule has 0 radical (unpaired) electrons. The molecule has 84 valence electrons. The van der Waals surface area contributed by atoms with Crippen molar-refractivity contribution < 1.29 is 14.6 Å². The zero-order valence-electron chi connectivity index (χ0n) is 9.19. The zero-order chi connectivity index (χ0) is 11.3. The molecular formula is C13H14O3. The van der Waals surface area contributed by atoms with Crippen molar-refractivity contribution in [3.8, 4) is 11.5 Å². The second-order valence-corrected chi connectivity index (χ2v) is 4.71. The first-order valence-corrected chi connectivity index (χ1v) is 5.71. The molecule has 3 heteroatoms. The Balaban J connectivity index is 2.13. The number of benzene rings is 1. The predicted octanol–water partition coefficient (Wildman–Crippen LogP) is 2.68. The summed E-state index contributed by atoms with van der Waals surface area (Å²) in [5.41, 5.74) is 2.10. The van der Waals surface area contributed by atoms with Crippen molar-refractivity contribution in [2.75, 3.05) is 0 Å². The third-order valence-electron chi connectivity index (χ3n) is 3.73. The van der Waals surface area contributed by atoms with Crippen molar-refractivity contribution in [3.63, 3.8) is 0 Å². The predicted molar refractivity (Wildman–Crippen MR) is 58.7 cm³/mol. The van der Waals surface area contributed by atoms with E-state index < -0.39 is 0 Å². The Kier molecular flexibility index (Phi) is 1.96. The maximum Gasteiger partial charge on any atom is 0.308 e. The fourth-order valence-corrected chi connectivity index (χ4v) is 3.20.